The standard InChI is InChI=1S/C58H55F2N7O9S4/c1-5-75-53(71)43-48(68)40-29-41(59)47(66-27-25-65(2)26-28-66)44(60)49(40)80-54(43)79-34-57(55(72)76-30-35-21-23-39(73-3)24-22-35)32-67-51(70)46(52(67)78-33-57)62-50(69)45(64-74-4)42-31-77-56(61-42)63-58(36-15-9-6-10-16-36,37-17-11-7-12-18-37)38-19-13-8-14-20-38/h6-24,29,31,46,52H,5,25-28,30,32-34H2,1-4H3,(H,61,63)(H,62,69)/t46?,52-,57?/m1/s1. The van der Waals surface area contributed by atoms with Crippen molar-refractivity contribution in [2.45, 2.75) is 34.7 Å². The number of hydrogen-bond donors (Lipinski definition) is 2. The van der Waals surface area contributed by atoms with E-state index in [2.05, 4.69) is 15.8 Å². The van der Waals surface area contributed by atoms with Crippen LogP contribution in [0.2, 0.25) is 0 Å². The first-order valence-electron chi connectivity index (χ1n) is 25.6. The van der Waals surface area contributed by atoms with Gasteiger partial charge < -0.3 is 44.4 Å². The van der Waals surface area contributed by atoms with Gasteiger partial charge in [0.15, 0.2) is 16.7 Å². The molecule has 2 unspecified atom stereocenters. The van der Waals surface area contributed by atoms with Crippen LogP contribution in [0.15, 0.2) is 141 Å². The third-order valence-corrected chi connectivity index (χ3v) is 19.4. The number of halogens is 2. The van der Waals surface area contributed by atoms with Gasteiger partial charge in [0.25, 0.3) is 5.91 Å². The van der Waals surface area contributed by atoms with E-state index in [-0.39, 0.29) is 62.7 Å². The van der Waals surface area contributed by atoms with E-state index in [1.54, 1.807) is 41.5 Å². The number of thiazole rings is 1. The molecule has 3 atom stereocenters. The molecule has 0 aliphatic carbocycles. The fourth-order valence-corrected chi connectivity index (χ4v) is 15.1. The van der Waals surface area contributed by atoms with Gasteiger partial charge in [0.05, 0.1) is 22.6 Å². The maximum atomic E-state index is 16.7. The molecule has 414 valence electrons. The van der Waals surface area contributed by atoms with E-state index in [9.17, 15) is 24.0 Å². The Balaban J connectivity index is 0.916. The maximum absolute atomic E-state index is 16.7. The van der Waals surface area contributed by atoms with Crippen LogP contribution in [0.3, 0.4) is 0 Å². The molecule has 80 heavy (non-hydrogen) atoms. The number of thioether (sulfide) groups is 2. The van der Waals surface area contributed by atoms with Crippen molar-refractivity contribution in [3.63, 3.8) is 0 Å². The van der Waals surface area contributed by atoms with Gasteiger partial charge in [-0.3, -0.25) is 19.2 Å². The zero-order valence-corrected chi connectivity index (χ0v) is 47.2. The zero-order chi connectivity index (χ0) is 56.1. The number of amides is 2. The molecular weight excluding hydrogens is 1100 g/mol. The van der Waals surface area contributed by atoms with Gasteiger partial charge in [0.1, 0.15) is 64.6 Å². The molecule has 2 aromatic heterocycles. The van der Waals surface area contributed by atoms with E-state index in [1.807, 2.05) is 103 Å². The highest BCUT2D eigenvalue weighted by Gasteiger charge is 2.58. The minimum Gasteiger partial charge on any atom is -0.497 e. The van der Waals surface area contributed by atoms with Crippen molar-refractivity contribution < 1.29 is 47.0 Å². The molecule has 3 saturated heterocycles. The number of β-lactam (4-membered cyclic amide) rings is 1. The second kappa shape index (κ2) is 24.2. The van der Waals surface area contributed by atoms with Gasteiger partial charge in [-0.2, -0.15) is 0 Å². The van der Waals surface area contributed by atoms with Crippen LogP contribution in [0.5, 0.6) is 5.75 Å². The normalized spacial score (nSPS) is 18.5. The fraction of sp³-hybridized carbons (Fsp3) is 0.293. The summed E-state index contributed by atoms with van der Waals surface area (Å²) in [6.45, 7) is 2.98. The molecule has 5 heterocycles. The molecule has 7 aromatic rings. The Bertz CT molecular complexity index is 3420. The van der Waals surface area contributed by atoms with Crippen LogP contribution >= 0.6 is 46.2 Å². The van der Waals surface area contributed by atoms with Crippen LogP contribution in [0.4, 0.5) is 19.6 Å². The molecule has 2 N–H and O–H groups in total. The molecule has 10 rings (SSSR count). The second-order valence-electron chi connectivity index (χ2n) is 19.2. The number of oxime groups is 1. The number of ether oxygens (including phenoxy) is 3. The van der Waals surface area contributed by atoms with Gasteiger partial charge >= 0.3 is 11.9 Å². The summed E-state index contributed by atoms with van der Waals surface area (Å²) in [5.41, 5.74) is -0.513. The summed E-state index contributed by atoms with van der Waals surface area (Å²) in [6, 6.07) is 36.8. The van der Waals surface area contributed by atoms with Crippen molar-refractivity contribution in [2.75, 3.05) is 82.3 Å². The number of nitrogens with one attached hydrogen (secondary N) is 2. The van der Waals surface area contributed by atoms with Crippen molar-refractivity contribution in [1.82, 2.24) is 20.1 Å². The van der Waals surface area contributed by atoms with Crippen LogP contribution < -0.4 is 25.7 Å². The van der Waals surface area contributed by atoms with Crippen molar-refractivity contribution >= 4 is 96.6 Å². The zero-order valence-electron chi connectivity index (χ0n) is 43.9. The van der Waals surface area contributed by atoms with Crippen LogP contribution in [-0.4, -0.2) is 128 Å². The van der Waals surface area contributed by atoms with Gasteiger partial charge in [-0.15, -0.1) is 46.2 Å². The smallest absolute Gasteiger partial charge is 0.344 e. The maximum Gasteiger partial charge on any atom is 0.344 e. The van der Waals surface area contributed by atoms with Gasteiger partial charge in [-0.25, -0.2) is 18.6 Å². The van der Waals surface area contributed by atoms with Crippen molar-refractivity contribution in [2.24, 2.45) is 10.6 Å². The lowest BCUT2D eigenvalue weighted by Gasteiger charge is -2.54. The predicted octanol–water partition coefficient (Wildman–Crippen LogP) is 8.61. The summed E-state index contributed by atoms with van der Waals surface area (Å²) in [5.74, 6) is -4.25. The second-order valence-corrected chi connectivity index (χ2v) is 23.5. The molecular formula is C58H55F2N7O9S4. The van der Waals surface area contributed by atoms with Gasteiger partial charge in [0.2, 0.25) is 11.3 Å². The molecule has 0 spiro atoms. The molecule has 2 amide bonds. The average Bonchev–Trinajstić information content (AvgIpc) is 4.07. The van der Waals surface area contributed by atoms with Crippen molar-refractivity contribution in [3.8, 4) is 5.75 Å². The molecule has 5 aromatic carbocycles. The Morgan fingerprint density at radius 3 is 2.11 bits per heavy atom. The first-order chi connectivity index (χ1) is 38.8. The number of benzene rings is 5. The number of nitrogens with zero attached hydrogens (tertiary/aromatic N) is 5. The molecule has 0 radical (unpaired) electrons. The summed E-state index contributed by atoms with van der Waals surface area (Å²) in [7, 11) is 4.75. The Kier molecular flexibility index (Phi) is 16.9. The van der Waals surface area contributed by atoms with Crippen LogP contribution in [-0.2, 0) is 40.8 Å². The lowest BCUT2D eigenvalue weighted by molar-refractivity contribution is -0.162. The number of fused-ring (bicyclic) bond motifs is 2. The minimum absolute atomic E-state index is 0.0431. The number of piperazine rings is 1. The average molecular weight is 1160 g/mol. The summed E-state index contributed by atoms with van der Waals surface area (Å²) in [6.07, 6.45) is 0. The molecule has 3 fully saturated rings. The first-order valence-corrected chi connectivity index (χ1v) is 29.3. The summed E-state index contributed by atoms with van der Waals surface area (Å²) < 4.78 is 49.1. The Hall–Kier alpha value is -7.37. The van der Waals surface area contributed by atoms with E-state index in [4.69, 9.17) is 24.0 Å². The van der Waals surface area contributed by atoms with E-state index < -0.39 is 68.7 Å². The highest BCUT2D eigenvalue weighted by atomic mass is 32.2. The number of carbonyl (C=O) groups excluding carboxylic acids is 4. The third kappa shape index (κ3) is 11.0. The third-order valence-electron chi connectivity index (χ3n) is 14.3. The molecule has 0 saturated carbocycles. The summed E-state index contributed by atoms with van der Waals surface area (Å²) in [4.78, 5) is 86.4. The minimum atomic E-state index is -1.48. The highest BCUT2D eigenvalue weighted by molar-refractivity contribution is 8.01. The fourth-order valence-electron chi connectivity index (χ4n) is 10.0. The van der Waals surface area contributed by atoms with Crippen molar-refractivity contribution in [1.29, 1.82) is 0 Å². The molecule has 0 bridgehead atoms. The number of rotatable bonds is 19. The molecule has 22 heteroatoms. The number of likely N-dealkylation sites (N-methyl/N-ethyl adjacent to an activating group) is 1. The summed E-state index contributed by atoms with van der Waals surface area (Å²) in [5, 5.41) is 11.8. The predicted molar refractivity (Wildman–Crippen MR) is 308 cm³/mol. The number of carbonyl (C=O) groups is 4. The quantitative estimate of drug-likeness (QED) is 0.0196. The van der Waals surface area contributed by atoms with Crippen LogP contribution in [0.1, 0.15) is 45.2 Å². The van der Waals surface area contributed by atoms with Crippen LogP contribution in [0.25, 0.3) is 10.1 Å². The Morgan fingerprint density at radius 2 is 1.51 bits per heavy atom. The number of aromatic nitrogens is 1. The monoisotopic (exact) mass is 1160 g/mol. The molecule has 3 aliphatic rings. The van der Waals surface area contributed by atoms with Gasteiger partial charge in [-0.05, 0) is 54.4 Å². The number of esters is 2. The number of anilines is 2. The first kappa shape index (κ1) is 55.9. The Morgan fingerprint density at radius 1 is 0.875 bits per heavy atom. The van der Waals surface area contributed by atoms with E-state index in [1.165, 1.54) is 42.2 Å². The van der Waals surface area contributed by atoms with E-state index in [0.29, 0.717) is 42.6 Å². The largest absolute Gasteiger partial charge is 0.497 e. The van der Waals surface area contributed by atoms with Gasteiger partial charge in [-0.1, -0.05) is 108 Å². The van der Waals surface area contributed by atoms with Crippen molar-refractivity contribution in [3.05, 3.63) is 182 Å². The lowest BCUT2D eigenvalue weighted by Crippen LogP contribution is -2.74. The van der Waals surface area contributed by atoms with Gasteiger partial charge in [0, 0.05) is 55.0 Å². The topological polar surface area (TPSA) is 181 Å². The Labute approximate surface area is 476 Å². The lowest BCUT2D eigenvalue weighted by atomic mass is 9.77. The SMILES string of the molecule is CCOC(=O)c1c(SCC2(C(=O)OCc3ccc(OC)cc3)CS[C@@H]3C(NC(=O)C(=NOC)c4csc(NC(c5ccccc5)(c5ccccc5)c5ccccc5)n4)C(=O)N3C2)sc2c(F)c(N3CCN(C)CC3)c(F)cc2c1=O. The van der Waals surface area contributed by atoms with E-state index in [0.717, 1.165) is 45.9 Å². The summed E-state index contributed by atoms with van der Waals surface area (Å²) >= 11 is 4.25. The highest BCUT2D eigenvalue weighted by Crippen LogP contribution is 2.47. The van der Waals surface area contributed by atoms with Crippen LogP contribution in [0, 0.1) is 17.0 Å². The molecule has 16 nitrogen and oxygen atoms in total. The number of hydrogen-bond acceptors (Lipinski definition) is 18. The van der Waals surface area contributed by atoms with E-state index >= 15 is 8.78 Å². The number of methoxy groups -OCH3 is 1. The molecule has 3 aliphatic heterocycles.